The zero-order valence-electron chi connectivity index (χ0n) is 27.8. The fourth-order valence-corrected chi connectivity index (χ4v) is 5.56. The Morgan fingerprint density at radius 1 is 0.938 bits per heavy atom. The minimum atomic E-state index is -1.08. The van der Waals surface area contributed by atoms with E-state index < -0.39 is 65.9 Å². The van der Waals surface area contributed by atoms with E-state index in [4.69, 9.17) is 4.74 Å². The molecule has 254 valence electrons. The zero-order chi connectivity index (χ0) is 35.0. The molecule has 3 N–H and O–H groups in total. The van der Waals surface area contributed by atoms with Gasteiger partial charge in [-0.1, -0.05) is 65.0 Å². The number of likely N-dealkylation sites (tertiary alicyclic amines) is 1. The molecule has 4 rings (SSSR count). The summed E-state index contributed by atoms with van der Waals surface area (Å²) in [4.78, 5) is 84.0. The van der Waals surface area contributed by atoms with E-state index in [0.29, 0.717) is 18.3 Å². The number of hydrogen-bond acceptors (Lipinski definition) is 8. The number of nitrogens with zero attached hydrogens (tertiary/aromatic N) is 3. The van der Waals surface area contributed by atoms with E-state index in [1.165, 1.54) is 34.3 Å². The number of carbonyl (C=O) groups is 6. The first-order valence-corrected chi connectivity index (χ1v) is 16.1. The molecule has 0 saturated carbocycles. The van der Waals surface area contributed by atoms with E-state index in [1.807, 2.05) is 30.3 Å². The van der Waals surface area contributed by atoms with Crippen LogP contribution in [-0.2, 0) is 23.9 Å². The number of rotatable bonds is 12. The lowest BCUT2D eigenvalue weighted by atomic mass is 9.99. The van der Waals surface area contributed by atoms with E-state index >= 15 is 0 Å². The minimum Gasteiger partial charge on any atom is -0.457 e. The van der Waals surface area contributed by atoms with Crippen molar-refractivity contribution in [2.75, 3.05) is 6.54 Å². The van der Waals surface area contributed by atoms with Gasteiger partial charge >= 0.3 is 12.0 Å². The molecule has 13 heteroatoms. The van der Waals surface area contributed by atoms with Gasteiger partial charge in [0, 0.05) is 12.3 Å². The van der Waals surface area contributed by atoms with Gasteiger partial charge in [-0.15, -0.1) is 0 Å². The maximum atomic E-state index is 14.2. The van der Waals surface area contributed by atoms with Gasteiger partial charge in [0.1, 0.15) is 36.9 Å². The van der Waals surface area contributed by atoms with Crippen LogP contribution in [0, 0.1) is 11.8 Å². The number of benzene rings is 2. The largest absolute Gasteiger partial charge is 0.496 e. The zero-order valence-corrected chi connectivity index (χ0v) is 27.8. The first kappa shape index (κ1) is 35.7. The molecule has 13 nitrogen and oxygen atoms in total. The number of carbonyl (C=O) groups excluding carboxylic acids is 6. The van der Waals surface area contributed by atoms with Gasteiger partial charge in [-0.25, -0.2) is 10.1 Å². The molecular formula is C35H43N6O7+. The standard InChI is InChI=1S/C35H42N6O7/c1-6-26(20-42)37-31(43)28-18-27(48-34(46)25-12-11-23-9-7-8-10-24(23)17-25)19-41(28)33(45)30(22(4)5)38-32(44)29(21(2)3)39-35(47)40-15-13-36-14-16-40/h7-17,20-22,26-30H,6,18-19H2,1-5H3,(H2-,37,38,39,43,44,47)/p+1/t26?,27?,28-,29-,30-/m0/s1. The fourth-order valence-electron chi connectivity index (χ4n) is 5.56. The van der Waals surface area contributed by atoms with Crippen LogP contribution in [0.15, 0.2) is 67.3 Å². The molecule has 1 aliphatic heterocycles. The highest BCUT2D eigenvalue weighted by molar-refractivity contribution is 5.97. The summed E-state index contributed by atoms with van der Waals surface area (Å²) < 4.78 is 7.06. The van der Waals surface area contributed by atoms with Crippen LogP contribution in [0.25, 0.3) is 10.8 Å². The molecule has 1 fully saturated rings. The van der Waals surface area contributed by atoms with Crippen LogP contribution in [0.5, 0.6) is 0 Å². The Bertz CT molecular complexity index is 1650. The van der Waals surface area contributed by atoms with Gasteiger partial charge < -0.3 is 25.1 Å². The van der Waals surface area contributed by atoms with Crippen molar-refractivity contribution in [1.29, 1.82) is 0 Å². The van der Waals surface area contributed by atoms with Crippen LogP contribution in [0.4, 0.5) is 4.79 Å². The third-order valence-electron chi connectivity index (χ3n) is 8.36. The highest BCUT2D eigenvalue weighted by Gasteiger charge is 2.45. The molecule has 1 saturated heterocycles. The summed E-state index contributed by atoms with van der Waals surface area (Å²) in [6.45, 7) is 8.67. The summed E-state index contributed by atoms with van der Waals surface area (Å²) in [5, 5.41) is 9.98. The third kappa shape index (κ3) is 8.58. The summed E-state index contributed by atoms with van der Waals surface area (Å²) in [6, 6.07) is 8.32. The Balaban J connectivity index is 1.54. The van der Waals surface area contributed by atoms with Gasteiger partial charge in [0.25, 0.3) is 5.91 Å². The number of esters is 1. The maximum absolute atomic E-state index is 14.2. The lowest BCUT2D eigenvalue weighted by Gasteiger charge is -2.31. The van der Waals surface area contributed by atoms with Crippen LogP contribution in [0.2, 0.25) is 0 Å². The number of aldehydes is 1. The lowest BCUT2D eigenvalue weighted by molar-refractivity contribution is -0.573. The first-order valence-electron chi connectivity index (χ1n) is 16.1. The molecule has 48 heavy (non-hydrogen) atoms. The topological polar surface area (TPSA) is 168 Å². The molecule has 5 atom stereocenters. The maximum Gasteiger partial charge on any atom is 0.496 e. The molecule has 0 spiro atoms. The number of hydrogen-bond donors (Lipinski definition) is 3. The fraction of sp³-hybridized carbons (Fsp3) is 0.429. The van der Waals surface area contributed by atoms with Crippen molar-refractivity contribution < 1.29 is 38.1 Å². The normalized spacial score (nSPS) is 17.8. The predicted octanol–water partition coefficient (Wildman–Crippen LogP) is 2.17. The molecule has 0 bridgehead atoms. The van der Waals surface area contributed by atoms with E-state index in [0.717, 1.165) is 10.8 Å². The van der Waals surface area contributed by atoms with E-state index in [1.54, 1.807) is 46.8 Å². The lowest BCUT2D eigenvalue weighted by Crippen LogP contribution is -2.62. The van der Waals surface area contributed by atoms with Gasteiger partial charge in [0.05, 0.1) is 30.5 Å². The summed E-state index contributed by atoms with van der Waals surface area (Å²) >= 11 is 0. The molecular weight excluding hydrogens is 616 g/mol. The minimum absolute atomic E-state index is 0.00121. The van der Waals surface area contributed by atoms with Crippen LogP contribution in [-0.4, -0.2) is 82.7 Å². The molecule has 1 aromatic heterocycles. The second kappa shape index (κ2) is 16.1. The van der Waals surface area contributed by atoms with Crippen LogP contribution < -0.4 is 20.5 Å². The molecule has 1 aliphatic rings. The molecule has 3 aromatic rings. The average Bonchev–Trinajstić information content (AvgIpc) is 3.51. The summed E-state index contributed by atoms with van der Waals surface area (Å²) in [6.07, 6.45) is 5.90. The Morgan fingerprint density at radius 3 is 2.23 bits per heavy atom. The molecule has 2 heterocycles. The summed E-state index contributed by atoms with van der Waals surface area (Å²) in [5.74, 6) is -3.05. The molecule has 2 unspecified atom stereocenters. The first-order chi connectivity index (χ1) is 22.9. The Morgan fingerprint density at radius 2 is 1.60 bits per heavy atom. The van der Waals surface area contributed by atoms with E-state index in [-0.39, 0.29) is 18.9 Å². The van der Waals surface area contributed by atoms with Crippen molar-refractivity contribution in [3.8, 4) is 0 Å². The SMILES string of the molecule is CCC(C=O)NC(=O)[C@@H]1CC(OC(=O)c2ccc3ccccc3c2)CN1C(=O)[C@@H](NC(=O)[C@@H](NC(=O)[n+]1ccncc1)C(C)C)C(C)C. The average molecular weight is 660 g/mol. The van der Waals surface area contributed by atoms with Crippen molar-refractivity contribution in [3.63, 3.8) is 0 Å². The summed E-state index contributed by atoms with van der Waals surface area (Å²) in [5.41, 5.74) is 0.325. The number of ether oxygens (including phenoxy) is 1. The van der Waals surface area contributed by atoms with Crippen LogP contribution in [0.1, 0.15) is 57.8 Å². The monoisotopic (exact) mass is 659 g/mol. The Kier molecular flexibility index (Phi) is 11.9. The Labute approximate surface area is 279 Å². The highest BCUT2D eigenvalue weighted by atomic mass is 16.5. The van der Waals surface area contributed by atoms with Gasteiger partial charge in [0.2, 0.25) is 11.8 Å². The highest BCUT2D eigenvalue weighted by Crippen LogP contribution is 2.25. The van der Waals surface area contributed by atoms with E-state index in [2.05, 4.69) is 20.9 Å². The molecule has 0 aliphatic carbocycles. The number of fused-ring (bicyclic) bond motifs is 1. The molecule has 4 amide bonds. The Hall–Kier alpha value is -5.20. The van der Waals surface area contributed by atoms with Crippen molar-refractivity contribution in [2.24, 2.45) is 11.8 Å². The van der Waals surface area contributed by atoms with Crippen molar-refractivity contribution in [2.45, 2.75) is 77.7 Å². The van der Waals surface area contributed by atoms with Crippen molar-refractivity contribution >= 4 is 46.8 Å². The molecule has 2 aromatic carbocycles. The van der Waals surface area contributed by atoms with Crippen molar-refractivity contribution in [3.05, 3.63) is 72.8 Å². The van der Waals surface area contributed by atoms with Gasteiger partial charge in [-0.2, -0.15) is 9.36 Å². The summed E-state index contributed by atoms with van der Waals surface area (Å²) in [7, 11) is 0. The number of aromatic nitrogens is 2. The van der Waals surface area contributed by atoms with E-state index in [9.17, 15) is 28.8 Å². The van der Waals surface area contributed by atoms with Crippen molar-refractivity contribution in [1.82, 2.24) is 25.8 Å². The second-order valence-corrected chi connectivity index (χ2v) is 12.5. The number of nitrogens with one attached hydrogen (secondary N) is 3. The second-order valence-electron chi connectivity index (χ2n) is 12.5. The van der Waals surface area contributed by atoms with Gasteiger partial charge in [-0.05, 0) is 35.2 Å². The smallest absolute Gasteiger partial charge is 0.457 e. The van der Waals surface area contributed by atoms with Gasteiger partial charge in [0.15, 0.2) is 6.04 Å². The third-order valence-corrected chi connectivity index (χ3v) is 8.36. The van der Waals surface area contributed by atoms with Gasteiger partial charge in [-0.3, -0.25) is 19.4 Å². The molecule has 0 radical (unpaired) electrons. The van der Waals surface area contributed by atoms with Crippen LogP contribution in [0.3, 0.4) is 0 Å². The predicted molar refractivity (Wildman–Crippen MR) is 175 cm³/mol. The number of amides is 4. The van der Waals surface area contributed by atoms with Crippen LogP contribution >= 0.6 is 0 Å². The quantitative estimate of drug-likeness (QED) is 0.151.